The molecule has 34 heavy (non-hydrogen) atoms. The van der Waals surface area contributed by atoms with Gasteiger partial charge in [-0.25, -0.2) is 4.79 Å². The van der Waals surface area contributed by atoms with Crippen LogP contribution in [-0.4, -0.2) is 82.0 Å². The van der Waals surface area contributed by atoms with Crippen molar-refractivity contribution in [2.24, 2.45) is 17.4 Å². The van der Waals surface area contributed by atoms with Gasteiger partial charge >= 0.3 is 11.9 Å². The van der Waals surface area contributed by atoms with Gasteiger partial charge in [0.05, 0.1) is 12.5 Å². The molecule has 0 spiro atoms. The van der Waals surface area contributed by atoms with Crippen molar-refractivity contribution in [1.29, 1.82) is 0 Å². The van der Waals surface area contributed by atoms with E-state index >= 15 is 0 Å². The van der Waals surface area contributed by atoms with Gasteiger partial charge in [-0.3, -0.25) is 24.0 Å². The highest BCUT2D eigenvalue weighted by molar-refractivity contribution is 7.98. The van der Waals surface area contributed by atoms with Gasteiger partial charge in [0.2, 0.25) is 23.6 Å². The van der Waals surface area contributed by atoms with Crippen LogP contribution in [0.25, 0.3) is 0 Å². The van der Waals surface area contributed by atoms with E-state index in [1.165, 1.54) is 11.8 Å². The van der Waals surface area contributed by atoms with E-state index in [0.717, 1.165) is 0 Å². The predicted octanol–water partition coefficient (Wildman–Crippen LogP) is -1.61. The van der Waals surface area contributed by atoms with Crippen LogP contribution in [0, 0.1) is 5.92 Å². The molecule has 0 fully saturated rings. The molecule has 0 aromatic carbocycles. The summed E-state index contributed by atoms with van der Waals surface area (Å²) in [6.07, 6.45) is 0.881. The van der Waals surface area contributed by atoms with Crippen LogP contribution in [0.2, 0.25) is 0 Å². The first-order valence-corrected chi connectivity index (χ1v) is 12.1. The minimum atomic E-state index is -1.56. The molecule has 194 valence electrons. The largest absolute Gasteiger partial charge is 0.481 e. The van der Waals surface area contributed by atoms with E-state index < -0.39 is 79.0 Å². The number of aliphatic carboxylic acids is 2. The maximum Gasteiger partial charge on any atom is 0.326 e. The summed E-state index contributed by atoms with van der Waals surface area (Å²) in [4.78, 5) is 71.4. The summed E-state index contributed by atoms with van der Waals surface area (Å²) in [5.74, 6) is -5.44. The number of nitrogens with two attached hydrogens (primary N) is 2. The van der Waals surface area contributed by atoms with E-state index in [0.29, 0.717) is 12.2 Å². The van der Waals surface area contributed by atoms with Crippen molar-refractivity contribution in [1.82, 2.24) is 16.0 Å². The van der Waals surface area contributed by atoms with Gasteiger partial charge in [-0.15, -0.1) is 0 Å². The number of carbonyl (C=O) groups is 6. The summed E-state index contributed by atoms with van der Waals surface area (Å²) < 4.78 is 0. The smallest absolute Gasteiger partial charge is 0.326 e. The molecule has 0 aliphatic heterocycles. The molecule has 4 unspecified atom stereocenters. The van der Waals surface area contributed by atoms with Gasteiger partial charge in [0.25, 0.3) is 0 Å². The van der Waals surface area contributed by atoms with Crippen LogP contribution in [0.5, 0.6) is 0 Å². The number of carboxylic acids is 2. The van der Waals surface area contributed by atoms with Crippen molar-refractivity contribution in [3.63, 3.8) is 0 Å². The summed E-state index contributed by atoms with van der Waals surface area (Å²) >= 11 is 1.51. The van der Waals surface area contributed by atoms with E-state index in [1.807, 2.05) is 20.1 Å². The number of thioether (sulfide) groups is 1. The first-order valence-electron chi connectivity index (χ1n) is 10.7. The molecule has 0 saturated carbocycles. The number of amides is 4. The van der Waals surface area contributed by atoms with Crippen LogP contribution in [-0.2, 0) is 28.8 Å². The maximum atomic E-state index is 12.9. The van der Waals surface area contributed by atoms with E-state index in [-0.39, 0.29) is 12.3 Å². The first-order chi connectivity index (χ1) is 15.8. The van der Waals surface area contributed by atoms with Crippen molar-refractivity contribution in [3.05, 3.63) is 0 Å². The first kappa shape index (κ1) is 31.1. The Morgan fingerprint density at radius 2 is 1.38 bits per heavy atom. The number of hydrogen-bond donors (Lipinski definition) is 7. The van der Waals surface area contributed by atoms with Crippen LogP contribution < -0.4 is 27.4 Å². The number of nitrogens with one attached hydrogen (secondary N) is 3. The van der Waals surface area contributed by atoms with Crippen molar-refractivity contribution in [2.45, 2.75) is 70.1 Å². The molecule has 4 atom stereocenters. The summed E-state index contributed by atoms with van der Waals surface area (Å²) in [6.45, 7) is 3.63. The van der Waals surface area contributed by atoms with Gasteiger partial charge in [0.15, 0.2) is 0 Å². The number of hydrogen-bond acceptors (Lipinski definition) is 8. The molecule has 0 rings (SSSR count). The highest BCUT2D eigenvalue weighted by atomic mass is 32.2. The zero-order valence-electron chi connectivity index (χ0n) is 19.5. The van der Waals surface area contributed by atoms with E-state index in [1.54, 1.807) is 0 Å². The van der Waals surface area contributed by atoms with Gasteiger partial charge in [0.1, 0.15) is 18.1 Å². The fourth-order valence-corrected chi connectivity index (χ4v) is 3.33. The summed E-state index contributed by atoms with van der Waals surface area (Å²) in [7, 11) is 0. The van der Waals surface area contributed by atoms with Crippen molar-refractivity contribution in [3.8, 4) is 0 Å². The minimum absolute atomic E-state index is 0.0331. The molecule has 0 aliphatic rings. The number of rotatable bonds is 17. The maximum absolute atomic E-state index is 12.9. The molecule has 0 aromatic heterocycles. The summed E-state index contributed by atoms with van der Waals surface area (Å²) in [5, 5.41) is 25.0. The Morgan fingerprint density at radius 3 is 1.85 bits per heavy atom. The lowest BCUT2D eigenvalue weighted by Gasteiger charge is -2.25. The van der Waals surface area contributed by atoms with E-state index in [9.17, 15) is 33.9 Å². The number of carbonyl (C=O) groups excluding carboxylic acids is 4. The standard InChI is InChI=1S/C20H35N5O8S/c1-10(2)8-13(24-17(29)11(21)6-7-34-3)18(30)25-14(9-15(22)26)19(31)23-12(20(32)33)4-5-16(27)28/h10-14H,4-9,21H2,1-3H3,(H2,22,26)(H,23,31)(H,24,29)(H,25,30)(H,27,28)(H,32,33). The van der Waals surface area contributed by atoms with Crippen LogP contribution in [0.1, 0.15) is 46.0 Å². The average Bonchev–Trinajstić information content (AvgIpc) is 2.72. The molecule has 13 nitrogen and oxygen atoms in total. The molecule has 0 heterocycles. The van der Waals surface area contributed by atoms with Crippen LogP contribution >= 0.6 is 11.8 Å². The summed E-state index contributed by atoms with van der Waals surface area (Å²) in [6, 6.07) is -5.01. The fraction of sp³-hybridized carbons (Fsp3) is 0.700. The highest BCUT2D eigenvalue weighted by Crippen LogP contribution is 2.08. The second-order valence-corrected chi connectivity index (χ2v) is 9.13. The minimum Gasteiger partial charge on any atom is -0.481 e. The Hall–Kier alpha value is -2.87. The van der Waals surface area contributed by atoms with Gasteiger partial charge in [0, 0.05) is 6.42 Å². The highest BCUT2D eigenvalue weighted by Gasteiger charge is 2.31. The Balaban J connectivity index is 5.48. The summed E-state index contributed by atoms with van der Waals surface area (Å²) in [5.41, 5.74) is 11.0. The lowest BCUT2D eigenvalue weighted by atomic mass is 10.0. The van der Waals surface area contributed by atoms with Crippen LogP contribution in [0.3, 0.4) is 0 Å². The number of primary amides is 1. The van der Waals surface area contributed by atoms with Gasteiger partial charge in [-0.2, -0.15) is 11.8 Å². The van der Waals surface area contributed by atoms with Gasteiger partial charge in [-0.1, -0.05) is 13.8 Å². The van der Waals surface area contributed by atoms with Gasteiger partial charge in [-0.05, 0) is 37.2 Å². The molecule has 0 bridgehead atoms. The van der Waals surface area contributed by atoms with Crippen molar-refractivity contribution >= 4 is 47.3 Å². The normalized spacial score (nSPS) is 14.4. The molecular weight excluding hydrogens is 470 g/mol. The molecule has 9 N–H and O–H groups in total. The Labute approximate surface area is 202 Å². The van der Waals surface area contributed by atoms with E-state index in [4.69, 9.17) is 16.6 Å². The average molecular weight is 506 g/mol. The predicted molar refractivity (Wildman–Crippen MR) is 125 cm³/mol. The SMILES string of the molecule is CSCCC(N)C(=O)NC(CC(C)C)C(=O)NC(CC(N)=O)C(=O)NC(CCC(=O)O)C(=O)O. The monoisotopic (exact) mass is 505 g/mol. The zero-order valence-corrected chi connectivity index (χ0v) is 20.4. The zero-order chi connectivity index (χ0) is 26.4. The van der Waals surface area contributed by atoms with Crippen molar-refractivity contribution in [2.75, 3.05) is 12.0 Å². The van der Waals surface area contributed by atoms with Crippen LogP contribution in [0.4, 0.5) is 0 Å². The van der Waals surface area contributed by atoms with Crippen molar-refractivity contribution < 1.29 is 39.0 Å². The second-order valence-electron chi connectivity index (χ2n) is 8.14. The lowest BCUT2D eigenvalue weighted by Crippen LogP contribution is -2.58. The van der Waals surface area contributed by atoms with E-state index in [2.05, 4.69) is 16.0 Å². The third-order valence-electron chi connectivity index (χ3n) is 4.61. The van der Waals surface area contributed by atoms with Crippen LogP contribution in [0.15, 0.2) is 0 Å². The molecule has 0 saturated heterocycles. The topological polar surface area (TPSA) is 231 Å². The Kier molecular flexibility index (Phi) is 14.5. The lowest BCUT2D eigenvalue weighted by molar-refractivity contribution is -0.143. The Bertz CT molecular complexity index is 748. The molecule has 0 aliphatic carbocycles. The molecule has 14 heteroatoms. The molecule has 4 amide bonds. The molecule has 0 aromatic rings. The van der Waals surface area contributed by atoms with Gasteiger partial charge < -0.3 is 37.6 Å². The quantitative estimate of drug-likeness (QED) is 0.119. The number of carboxylic acid groups (broad SMARTS) is 2. The second kappa shape index (κ2) is 15.9. The third kappa shape index (κ3) is 13.0. The molecular formula is C20H35N5O8S. The molecule has 0 radical (unpaired) electrons. The third-order valence-corrected chi connectivity index (χ3v) is 5.25. The Morgan fingerprint density at radius 1 is 0.853 bits per heavy atom. The fourth-order valence-electron chi connectivity index (χ4n) is 2.84.